The Morgan fingerprint density at radius 2 is 2.08 bits per heavy atom. The monoisotopic (exact) mass is 220 g/mol. The number of rotatable bonds is 1. The summed E-state index contributed by atoms with van der Waals surface area (Å²) in [5.41, 5.74) is 0. The molecule has 0 spiro atoms. The SMILES string of the molecule is Fc1c(SCl)ccc2c1OCCO2. The summed E-state index contributed by atoms with van der Waals surface area (Å²) in [6, 6.07) is 3.22. The van der Waals surface area contributed by atoms with Gasteiger partial charge in [0.2, 0.25) is 0 Å². The Labute approximate surface area is 83.5 Å². The highest BCUT2D eigenvalue weighted by Crippen LogP contribution is 2.38. The fraction of sp³-hybridized carbons (Fsp3) is 0.250. The van der Waals surface area contributed by atoms with Crippen molar-refractivity contribution < 1.29 is 13.9 Å². The first-order valence-electron chi connectivity index (χ1n) is 3.69. The molecule has 0 saturated carbocycles. The third-order valence-electron chi connectivity index (χ3n) is 1.70. The number of halogens is 2. The molecule has 2 nitrogen and oxygen atoms in total. The van der Waals surface area contributed by atoms with E-state index < -0.39 is 5.82 Å². The first-order chi connectivity index (χ1) is 6.33. The van der Waals surface area contributed by atoms with E-state index in [-0.39, 0.29) is 5.75 Å². The Bertz CT molecular complexity index is 332. The molecule has 1 aliphatic heterocycles. The van der Waals surface area contributed by atoms with Crippen LogP contribution in [0.4, 0.5) is 4.39 Å². The zero-order chi connectivity index (χ0) is 9.26. The zero-order valence-electron chi connectivity index (χ0n) is 6.55. The second-order valence-corrected chi connectivity index (χ2v) is 3.54. The van der Waals surface area contributed by atoms with E-state index in [4.69, 9.17) is 20.2 Å². The molecular weight excluding hydrogens is 215 g/mol. The number of hydrogen-bond acceptors (Lipinski definition) is 3. The maximum atomic E-state index is 13.4. The second-order valence-electron chi connectivity index (χ2n) is 2.48. The standard InChI is InChI=1S/C8H6ClFO2S/c9-13-6-2-1-5-8(7(6)10)12-4-3-11-5/h1-2H,3-4H2. The van der Waals surface area contributed by atoms with Gasteiger partial charge in [0.15, 0.2) is 17.3 Å². The number of ether oxygens (including phenoxy) is 2. The van der Waals surface area contributed by atoms with Gasteiger partial charge in [-0.05, 0) is 33.8 Å². The number of fused-ring (bicyclic) bond motifs is 1. The molecule has 0 radical (unpaired) electrons. The molecule has 0 atom stereocenters. The Morgan fingerprint density at radius 1 is 1.31 bits per heavy atom. The molecule has 0 saturated heterocycles. The lowest BCUT2D eigenvalue weighted by atomic mass is 10.3. The molecule has 2 rings (SSSR count). The van der Waals surface area contributed by atoms with Gasteiger partial charge in [-0.1, -0.05) is 0 Å². The molecule has 0 aromatic heterocycles. The van der Waals surface area contributed by atoms with E-state index in [1.165, 1.54) is 0 Å². The van der Waals surface area contributed by atoms with Gasteiger partial charge < -0.3 is 9.47 Å². The summed E-state index contributed by atoms with van der Waals surface area (Å²) in [5, 5.41) is 0. The molecule has 0 bridgehead atoms. The largest absolute Gasteiger partial charge is 0.486 e. The van der Waals surface area contributed by atoms with E-state index in [9.17, 15) is 4.39 Å². The topological polar surface area (TPSA) is 18.5 Å². The van der Waals surface area contributed by atoms with E-state index in [1.807, 2.05) is 0 Å². The van der Waals surface area contributed by atoms with Crippen LogP contribution in [-0.4, -0.2) is 13.2 Å². The van der Waals surface area contributed by atoms with Gasteiger partial charge >= 0.3 is 0 Å². The summed E-state index contributed by atoms with van der Waals surface area (Å²) in [7, 11) is 6.28. The van der Waals surface area contributed by atoms with E-state index in [1.54, 1.807) is 12.1 Å². The van der Waals surface area contributed by atoms with Crippen molar-refractivity contribution in [3.63, 3.8) is 0 Å². The van der Waals surface area contributed by atoms with Crippen LogP contribution < -0.4 is 9.47 Å². The van der Waals surface area contributed by atoms with Crippen molar-refractivity contribution in [1.82, 2.24) is 0 Å². The second kappa shape index (κ2) is 3.64. The van der Waals surface area contributed by atoms with Crippen molar-refractivity contribution in [2.24, 2.45) is 0 Å². The van der Waals surface area contributed by atoms with E-state index in [0.717, 1.165) is 11.0 Å². The summed E-state index contributed by atoms with van der Waals surface area (Å²) < 4.78 is 23.8. The molecule has 13 heavy (non-hydrogen) atoms. The highest BCUT2D eigenvalue weighted by atomic mass is 35.7. The molecule has 1 heterocycles. The van der Waals surface area contributed by atoms with Crippen LogP contribution in [-0.2, 0) is 0 Å². The predicted molar refractivity (Wildman–Crippen MR) is 49.1 cm³/mol. The molecule has 0 amide bonds. The van der Waals surface area contributed by atoms with Crippen LogP contribution in [0.5, 0.6) is 11.5 Å². The maximum absolute atomic E-state index is 13.4. The lowest BCUT2D eigenvalue weighted by molar-refractivity contribution is 0.163. The summed E-state index contributed by atoms with van der Waals surface area (Å²) >= 11 is 0. The lowest BCUT2D eigenvalue weighted by Crippen LogP contribution is -2.16. The first-order valence-corrected chi connectivity index (χ1v) is 5.34. The number of hydrogen-bond donors (Lipinski definition) is 0. The van der Waals surface area contributed by atoms with E-state index in [0.29, 0.717) is 23.9 Å². The quantitative estimate of drug-likeness (QED) is 0.725. The van der Waals surface area contributed by atoms with Crippen LogP contribution in [0.25, 0.3) is 0 Å². The minimum absolute atomic E-state index is 0.164. The summed E-state index contributed by atoms with van der Waals surface area (Å²) in [4.78, 5) is 0.353. The molecule has 1 aromatic rings. The smallest absolute Gasteiger partial charge is 0.198 e. The van der Waals surface area contributed by atoms with Gasteiger partial charge in [0.05, 0.1) is 4.90 Å². The predicted octanol–water partition coefficient (Wildman–Crippen LogP) is 2.84. The van der Waals surface area contributed by atoms with Crippen LogP contribution in [0.3, 0.4) is 0 Å². The zero-order valence-corrected chi connectivity index (χ0v) is 8.12. The molecule has 0 aliphatic carbocycles. The van der Waals surface area contributed by atoms with Gasteiger partial charge in [0.1, 0.15) is 13.2 Å². The van der Waals surface area contributed by atoms with Crippen LogP contribution in [0.2, 0.25) is 0 Å². The maximum Gasteiger partial charge on any atom is 0.198 e. The summed E-state index contributed by atoms with van der Waals surface area (Å²) in [6.07, 6.45) is 0. The van der Waals surface area contributed by atoms with Crippen molar-refractivity contribution in [1.29, 1.82) is 0 Å². The van der Waals surface area contributed by atoms with Crippen molar-refractivity contribution in [3.05, 3.63) is 17.9 Å². The average Bonchev–Trinajstić information content (AvgIpc) is 2.19. The van der Waals surface area contributed by atoms with Crippen molar-refractivity contribution in [2.45, 2.75) is 4.90 Å². The molecular formula is C8H6ClFO2S. The van der Waals surface area contributed by atoms with E-state index >= 15 is 0 Å². The molecule has 70 valence electrons. The molecule has 0 N–H and O–H groups in total. The van der Waals surface area contributed by atoms with Gasteiger partial charge in [-0.15, -0.1) is 0 Å². The fourth-order valence-electron chi connectivity index (χ4n) is 1.12. The summed E-state index contributed by atoms with van der Waals surface area (Å²) in [6.45, 7) is 0.833. The molecule has 0 fully saturated rings. The molecule has 5 heteroatoms. The van der Waals surface area contributed by atoms with Gasteiger partial charge in [-0.25, -0.2) is 4.39 Å². The Hall–Kier alpha value is -0.610. The Balaban J connectivity index is 2.48. The average molecular weight is 221 g/mol. The fourth-order valence-corrected chi connectivity index (χ4v) is 1.76. The normalized spacial score (nSPS) is 14.3. The van der Waals surface area contributed by atoms with Crippen LogP contribution in [0, 0.1) is 5.82 Å². The first kappa shape index (κ1) is 8.97. The highest BCUT2D eigenvalue weighted by Gasteiger charge is 2.19. The van der Waals surface area contributed by atoms with Crippen molar-refractivity contribution >= 4 is 21.7 Å². The minimum Gasteiger partial charge on any atom is -0.486 e. The van der Waals surface area contributed by atoms with Crippen molar-refractivity contribution in [3.8, 4) is 11.5 Å². The van der Waals surface area contributed by atoms with Gasteiger partial charge in [0.25, 0.3) is 0 Å². The van der Waals surface area contributed by atoms with Crippen molar-refractivity contribution in [2.75, 3.05) is 13.2 Å². The summed E-state index contributed by atoms with van der Waals surface area (Å²) in [5.74, 6) is 0.160. The molecule has 1 aromatic carbocycles. The third kappa shape index (κ3) is 1.56. The van der Waals surface area contributed by atoms with Crippen LogP contribution in [0.1, 0.15) is 0 Å². The lowest BCUT2D eigenvalue weighted by Gasteiger charge is -2.19. The van der Waals surface area contributed by atoms with Crippen LogP contribution in [0.15, 0.2) is 17.0 Å². The molecule has 0 unspecified atom stereocenters. The number of benzene rings is 1. The van der Waals surface area contributed by atoms with E-state index in [2.05, 4.69) is 0 Å². The Kier molecular flexibility index (Phi) is 2.51. The van der Waals surface area contributed by atoms with Crippen LogP contribution >= 0.6 is 21.7 Å². The highest BCUT2D eigenvalue weighted by molar-refractivity contribution is 8.21. The van der Waals surface area contributed by atoms with Gasteiger partial charge in [0, 0.05) is 0 Å². The minimum atomic E-state index is -0.447. The van der Waals surface area contributed by atoms with Gasteiger partial charge in [-0.2, -0.15) is 0 Å². The third-order valence-corrected chi connectivity index (χ3v) is 2.68. The molecule has 1 aliphatic rings. The van der Waals surface area contributed by atoms with Gasteiger partial charge in [-0.3, -0.25) is 0 Å². The Morgan fingerprint density at radius 3 is 2.85 bits per heavy atom.